The first-order valence-electron chi connectivity index (χ1n) is 8.66. The van der Waals surface area contributed by atoms with Crippen LogP contribution in [0.5, 0.6) is 5.75 Å². The lowest BCUT2D eigenvalue weighted by Crippen LogP contribution is -2.57. The van der Waals surface area contributed by atoms with Gasteiger partial charge >= 0.3 is 0 Å². The third-order valence-electron chi connectivity index (χ3n) is 4.74. The van der Waals surface area contributed by atoms with Crippen molar-refractivity contribution in [1.29, 1.82) is 0 Å². The second-order valence-electron chi connectivity index (χ2n) is 6.47. The Morgan fingerprint density at radius 3 is 2.92 bits per heavy atom. The zero-order valence-electron chi connectivity index (χ0n) is 14.3. The van der Waals surface area contributed by atoms with E-state index >= 15 is 0 Å². The molecule has 7 heteroatoms. The number of carbonyl (C=O) groups is 2. The quantitative estimate of drug-likeness (QED) is 0.836. The van der Waals surface area contributed by atoms with Crippen LogP contribution in [0.4, 0.5) is 5.69 Å². The average molecular weight is 352 g/mol. The summed E-state index contributed by atoms with van der Waals surface area (Å²) >= 11 is 0. The number of fused-ring (bicyclic) bond motifs is 2. The molecule has 1 aromatic carbocycles. The third-order valence-corrected chi connectivity index (χ3v) is 4.74. The van der Waals surface area contributed by atoms with E-state index in [0.29, 0.717) is 43.2 Å². The van der Waals surface area contributed by atoms with E-state index in [2.05, 4.69) is 15.2 Å². The Morgan fingerprint density at radius 1 is 1.19 bits per heavy atom. The molecule has 7 nitrogen and oxygen atoms in total. The first kappa shape index (κ1) is 16.5. The molecule has 2 aliphatic rings. The van der Waals surface area contributed by atoms with E-state index in [9.17, 15) is 9.59 Å². The highest BCUT2D eigenvalue weighted by Gasteiger charge is 2.32. The number of aromatic nitrogens is 1. The maximum Gasteiger partial charge on any atom is 0.255 e. The van der Waals surface area contributed by atoms with Crippen molar-refractivity contribution in [3.63, 3.8) is 0 Å². The van der Waals surface area contributed by atoms with Crippen molar-refractivity contribution < 1.29 is 14.3 Å². The maximum absolute atomic E-state index is 12.7. The lowest BCUT2D eigenvalue weighted by atomic mass is 10.1. The zero-order valence-corrected chi connectivity index (χ0v) is 14.3. The van der Waals surface area contributed by atoms with E-state index in [4.69, 9.17) is 4.74 Å². The van der Waals surface area contributed by atoms with Crippen LogP contribution in [-0.2, 0) is 4.79 Å². The zero-order chi connectivity index (χ0) is 17.9. The lowest BCUT2D eigenvalue weighted by Gasteiger charge is -2.40. The van der Waals surface area contributed by atoms with Crippen molar-refractivity contribution in [1.82, 2.24) is 14.8 Å². The van der Waals surface area contributed by atoms with Crippen molar-refractivity contribution >= 4 is 17.5 Å². The third kappa shape index (κ3) is 3.39. The number of rotatable bonds is 1. The molecule has 0 bridgehead atoms. The van der Waals surface area contributed by atoms with E-state index in [-0.39, 0.29) is 24.4 Å². The standard InChI is InChI=1S/C19H20N4O3/c24-18-12-22-8-9-23(19(25)14-4-3-7-20-10-14)11-15(22)13-26-17-6-2-1-5-16(17)21-18/h1-7,10,15H,8-9,11-13H2,(H,21,24)/t15-/m1/s1. The summed E-state index contributed by atoms with van der Waals surface area (Å²) in [5.41, 5.74) is 1.26. The van der Waals surface area contributed by atoms with Gasteiger partial charge in [-0.1, -0.05) is 12.1 Å². The molecule has 26 heavy (non-hydrogen) atoms. The Balaban J connectivity index is 1.52. The van der Waals surface area contributed by atoms with Gasteiger partial charge in [-0.15, -0.1) is 0 Å². The molecule has 0 spiro atoms. The average Bonchev–Trinajstić information content (AvgIpc) is 2.74. The van der Waals surface area contributed by atoms with Gasteiger partial charge in [0.05, 0.1) is 23.8 Å². The SMILES string of the molecule is O=C1CN2CCN(C(=O)c3cccnc3)C[C@@H]2COc2ccccc2N1. The van der Waals surface area contributed by atoms with Crippen molar-refractivity contribution in [2.24, 2.45) is 0 Å². The summed E-state index contributed by atoms with van der Waals surface area (Å²) in [5, 5.41) is 2.90. The first-order chi connectivity index (χ1) is 12.7. The minimum Gasteiger partial charge on any atom is -0.490 e. The summed E-state index contributed by atoms with van der Waals surface area (Å²) in [6.07, 6.45) is 3.23. The molecule has 2 aliphatic heterocycles. The van der Waals surface area contributed by atoms with E-state index in [1.165, 1.54) is 0 Å². The van der Waals surface area contributed by atoms with Crippen LogP contribution < -0.4 is 10.1 Å². The summed E-state index contributed by atoms with van der Waals surface area (Å²) in [7, 11) is 0. The van der Waals surface area contributed by atoms with Gasteiger partial charge in [0.1, 0.15) is 12.4 Å². The summed E-state index contributed by atoms with van der Waals surface area (Å²) in [6, 6.07) is 10.9. The highest BCUT2D eigenvalue weighted by Crippen LogP contribution is 2.26. The van der Waals surface area contributed by atoms with Crippen LogP contribution in [0.25, 0.3) is 0 Å². The molecule has 1 saturated heterocycles. The number of piperazine rings is 1. The molecule has 1 atom stereocenters. The predicted molar refractivity (Wildman–Crippen MR) is 96.1 cm³/mol. The fraction of sp³-hybridized carbons (Fsp3) is 0.316. The predicted octanol–water partition coefficient (Wildman–Crippen LogP) is 1.24. The van der Waals surface area contributed by atoms with Gasteiger partial charge in [0, 0.05) is 32.0 Å². The van der Waals surface area contributed by atoms with Gasteiger partial charge < -0.3 is 15.0 Å². The van der Waals surface area contributed by atoms with Gasteiger partial charge in [0.15, 0.2) is 0 Å². The molecular weight excluding hydrogens is 332 g/mol. The largest absolute Gasteiger partial charge is 0.490 e. The molecule has 2 aromatic rings. The van der Waals surface area contributed by atoms with Crippen LogP contribution >= 0.6 is 0 Å². The number of anilines is 1. The number of pyridine rings is 1. The molecule has 2 amide bonds. The maximum atomic E-state index is 12.7. The Kier molecular flexibility index (Phi) is 4.53. The van der Waals surface area contributed by atoms with Crippen LogP contribution in [0.3, 0.4) is 0 Å². The number of hydrogen-bond acceptors (Lipinski definition) is 5. The van der Waals surface area contributed by atoms with Crippen LogP contribution in [-0.4, -0.2) is 65.4 Å². The number of benzene rings is 1. The Hall–Kier alpha value is -2.93. The van der Waals surface area contributed by atoms with Crippen LogP contribution in [0.2, 0.25) is 0 Å². The summed E-state index contributed by atoms with van der Waals surface area (Å²) in [4.78, 5) is 33.0. The molecule has 3 heterocycles. The van der Waals surface area contributed by atoms with Gasteiger partial charge in [-0.25, -0.2) is 0 Å². The lowest BCUT2D eigenvalue weighted by molar-refractivity contribution is -0.118. The van der Waals surface area contributed by atoms with Gasteiger partial charge in [-0.3, -0.25) is 19.5 Å². The molecule has 0 aliphatic carbocycles. The minimum absolute atomic E-state index is 0.0394. The number of nitrogens with one attached hydrogen (secondary N) is 1. The molecule has 134 valence electrons. The number of carbonyl (C=O) groups excluding carboxylic acids is 2. The summed E-state index contributed by atoms with van der Waals surface area (Å²) in [6.45, 7) is 2.43. The Bertz CT molecular complexity index is 811. The topological polar surface area (TPSA) is 74.8 Å². The van der Waals surface area contributed by atoms with E-state index in [1.54, 1.807) is 24.5 Å². The molecule has 1 fully saturated rings. The van der Waals surface area contributed by atoms with Gasteiger partial charge in [0.2, 0.25) is 5.91 Å². The molecule has 0 radical (unpaired) electrons. The number of para-hydroxylation sites is 2. The fourth-order valence-corrected chi connectivity index (χ4v) is 3.37. The van der Waals surface area contributed by atoms with Gasteiger partial charge in [-0.05, 0) is 24.3 Å². The van der Waals surface area contributed by atoms with Gasteiger partial charge in [0.25, 0.3) is 5.91 Å². The molecule has 1 N–H and O–H groups in total. The van der Waals surface area contributed by atoms with Crippen molar-refractivity contribution in [2.45, 2.75) is 6.04 Å². The molecular formula is C19H20N4O3. The fourth-order valence-electron chi connectivity index (χ4n) is 3.37. The second-order valence-corrected chi connectivity index (χ2v) is 6.47. The molecule has 1 aromatic heterocycles. The number of amides is 2. The molecule has 0 saturated carbocycles. The molecule has 4 rings (SSSR count). The minimum atomic E-state index is -0.0695. The van der Waals surface area contributed by atoms with Crippen LogP contribution in [0.1, 0.15) is 10.4 Å². The first-order valence-corrected chi connectivity index (χ1v) is 8.66. The second kappa shape index (κ2) is 7.13. The van der Waals surface area contributed by atoms with Crippen molar-refractivity contribution in [3.8, 4) is 5.75 Å². The number of hydrogen-bond donors (Lipinski definition) is 1. The normalized spacial score (nSPS) is 20.5. The van der Waals surface area contributed by atoms with Crippen LogP contribution in [0.15, 0.2) is 48.8 Å². The summed E-state index contributed by atoms with van der Waals surface area (Å²) < 4.78 is 5.95. The van der Waals surface area contributed by atoms with Crippen molar-refractivity contribution in [3.05, 3.63) is 54.4 Å². The van der Waals surface area contributed by atoms with Crippen molar-refractivity contribution in [2.75, 3.05) is 38.1 Å². The monoisotopic (exact) mass is 352 g/mol. The van der Waals surface area contributed by atoms with E-state index in [1.807, 2.05) is 29.2 Å². The summed E-state index contributed by atoms with van der Waals surface area (Å²) in [5.74, 6) is 0.542. The number of nitrogens with zero attached hydrogens (tertiary/aromatic N) is 3. The highest BCUT2D eigenvalue weighted by atomic mass is 16.5. The van der Waals surface area contributed by atoms with Crippen LogP contribution in [0, 0.1) is 0 Å². The Labute approximate surface area is 151 Å². The molecule has 0 unspecified atom stereocenters. The van der Waals surface area contributed by atoms with Gasteiger partial charge in [-0.2, -0.15) is 0 Å². The smallest absolute Gasteiger partial charge is 0.255 e. The van der Waals surface area contributed by atoms with E-state index < -0.39 is 0 Å². The van der Waals surface area contributed by atoms with E-state index in [0.717, 1.165) is 0 Å². The number of ether oxygens (including phenoxy) is 1. The Morgan fingerprint density at radius 2 is 2.08 bits per heavy atom. The highest BCUT2D eigenvalue weighted by molar-refractivity contribution is 5.94.